The summed E-state index contributed by atoms with van der Waals surface area (Å²) in [6, 6.07) is 16.5. The standard InChI is InChI=1S/C18H16N4O4/c1-18(26-17(23)11-12-19,13-14-5-3-2-4-6-14)21-20-15-7-9-16(10-8-15)22(24)25/h2-10H,11,13H2,1H3. The number of azo groups is 1. The lowest BCUT2D eigenvalue weighted by Crippen LogP contribution is -2.31. The summed E-state index contributed by atoms with van der Waals surface area (Å²) in [4.78, 5) is 21.9. The van der Waals surface area contributed by atoms with Crippen LogP contribution in [0.2, 0.25) is 0 Å². The van der Waals surface area contributed by atoms with Crippen molar-refractivity contribution in [2.45, 2.75) is 25.5 Å². The van der Waals surface area contributed by atoms with E-state index in [4.69, 9.17) is 10.00 Å². The van der Waals surface area contributed by atoms with Crippen LogP contribution in [0.15, 0.2) is 64.8 Å². The van der Waals surface area contributed by atoms with Gasteiger partial charge in [0.15, 0.2) is 0 Å². The van der Waals surface area contributed by atoms with Gasteiger partial charge in [0.05, 0.1) is 16.7 Å². The average Bonchev–Trinajstić information content (AvgIpc) is 2.61. The Morgan fingerprint density at radius 3 is 2.46 bits per heavy atom. The van der Waals surface area contributed by atoms with Gasteiger partial charge in [0, 0.05) is 18.6 Å². The monoisotopic (exact) mass is 352 g/mol. The lowest BCUT2D eigenvalue weighted by atomic mass is 10.0. The molecule has 0 saturated heterocycles. The molecule has 0 fully saturated rings. The molecular formula is C18H16N4O4. The van der Waals surface area contributed by atoms with Gasteiger partial charge in [-0.1, -0.05) is 30.3 Å². The predicted molar refractivity (Wildman–Crippen MR) is 92.5 cm³/mol. The fourth-order valence-corrected chi connectivity index (χ4v) is 2.22. The van der Waals surface area contributed by atoms with E-state index in [0.717, 1.165) is 5.56 Å². The molecule has 0 aliphatic rings. The molecule has 0 saturated carbocycles. The summed E-state index contributed by atoms with van der Waals surface area (Å²) in [5.74, 6) is -0.700. The summed E-state index contributed by atoms with van der Waals surface area (Å²) in [5.41, 5.74) is -0.109. The van der Waals surface area contributed by atoms with Gasteiger partial charge in [0.25, 0.3) is 5.69 Å². The number of nitrogens with zero attached hydrogens (tertiary/aromatic N) is 4. The Kier molecular flexibility index (Phi) is 6.11. The number of rotatable bonds is 7. The van der Waals surface area contributed by atoms with Gasteiger partial charge in [-0.15, -0.1) is 5.11 Å². The number of carbonyl (C=O) groups excluding carboxylic acids is 1. The highest BCUT2D eigenvalue weighted by Gasteiger charge is 2.29. The molecule has 2 aromatic rings. The Hall–Kier alpha value is -3.60. The Morgan fingerprint density at radius 2 is 1.88 bits per heavy atom. The SMILES string of the molecule is CC(Cc1ccccc1)(N=Nc1ccc([N+](=O)[O-])cc1)OC(=O)CC#N. The number of nitro groups is 1. The van der Waals surface area contributed by atoms with Crippen LogP contribution in [0.1, 0.15) is 18.9 Å². The van der Waals surface area contributed by atoms with Crippen molar-refractivity contribution in [3.63, 3.8) is 0 Å². The third kappa shape index (κ3) is 5.49. The highest BCUT2D eigenvalue weighted by molar-refractivity contribution is 5.72. The number of esters is 1. The topological polar surface area (TPSA) is 118 Å². The zero-order valence-corrected chi connectivity index (χ0v) is 14.0. The van der Waals surface area contributed by atoms with Crippen LogP contribution in [0.4, 0.5) is 11.4 Å². The summed E-state index contributed by atoms with van der Waals surface area (Å²) in [6.45, 7) is 1.59. The van der Waals surface area contributed by atoms with Gasteiger partial charge in [-0.3, -0.25) is 14.9 Å². The molecule has 0 N–H and O–H groups in total. The van der Waals surface area contributed by atoms with Crippen LogP contribution in [0.5, 0.6) is 0 Å². The third-order valence-electron chi connectivity index (χ3n) is 3.37. The van der Waals surface area contributed by atoms with Crippen molar-refractivity contribution in [3.8, 4) is 6.07 Å². The molecule has 0 amide bonds. The van der Waals surface area contributed by atoms with Crippen molar-refractivity contribution in [1.82, 2.24) is 0 Å². The maximum Gasteiger partial charge on any atom is 0.322 e. The van der Waals surface area contributed by atoms with Crippen molar-refractivity contribution >= 4 is 17.3 Å². The van der Waals surface area contributed by atoms with Crippen LogP contribution in [0, 0.1) is 21.4 Å². The van der Waals surface area contributed by atoms with Crippen LogP contribution in [0.3, 0.4) is 0 Å². The number of nitro benzene ring substituents is 1. The number of benzene rings is 2. The Morgan fingerprint density at radius 1 is 1.23 bits per heavy atom. The molecule has 132 valence electrons. The van der Waals surface area contributed by atoms with E-state index >= 15 is 0 Å². The van der Waals surface area contributed by atoms with Gasteiger partial charge in [0.1, 0.15) is 6.42 Å². The van der Waals surface area contributed by atoms with Crippen molar-refractivity contribution in [3.05, 3.63) is 70.3 Å². The molecule has 8 heteroatoms. The van der Waals surface area contributed by atoms with Gasteiger partial charge < -0.3 is 4.74 Å². The molecule has 1 unspecified atom stereocenters. The van der Waals surface area contributed by atoms with E-state index in [1.54, 1.807) is 13.0 Å². The number of carbonyl (C=O) groups is 1. The molecule has 8 nitrogen and oxygen atoms in total. The second kappa shape index (κ2) is 8.48. The summed E-state index contributed by atoms with van der Waals surface area (Å²) in [6.07, 6.45) is -0.126. The first-order chi connectivity index (χ1) is 12.4. The molecule has 0 spiro atoms. The van der Waals surface area contributed by atoms with E-state index in [2.05, 4.69) is 10.2 Å². The van der Waals surface area contributed by atoms with Crippen molar-refractivity contribution < 1.29 is 14.5 Å². The molecule has 0 radical (unpaired) electrons. The highest BCUT2D eigenvalue weighted by atomic mass is 16.6. The first-order valence-corrected chi connectivity index (χ1v) is 7.72. The van der Waals surface area contributed by atoms with Gasteiger partial charge in [-0.25, -0.2) is 0 Å². The number of non-ortho nitro benzene ring substituents is 1. The van der Waals surface area contributed by atoms with Gasteiger partial charge in [0.2, 0.25) is 5.72 Å². The Balaban J connectivity index is 2.23. The lowest BCUT2D eigenvalue weighted by Gasteiger charge is -2.24. The summed E-state index contributed by atoms with van der Waals surface area (Å²) in [5, 5.41) is 27.5. The van der Waals surface area contributed by atoms with Crippen LogP contribution in [-0.2, 0) is 16.0 Å². The smallest absolute Gasteiger partial charge is 0.322 e. The third-order valence-corrected chi connectivity index (χ3v) is 3.37. The number of nitriles is 1. The number of hydrogen-bond donors (Lipinski definition) is 0. The van der Waals surface area contributed by atoms with E-state index in [9.17, 15) is 14.9 Å². The van der Waals surface area contributed by atoms with Crippen LogP contribution >= 0.6 is 0 Å². The molecular weight excluding hydrogens is 336 g/mol. The van der Waals surface area contributed by atoms with E-state index in [0.29, 0.717) is 5.69 Å². The summed E-state index contributed by atoms with van der Waals surface area (Å²) >= 11 is 0. The molecule has 2 aromatic carbocycles. The van der Waals surface area contributed by atoms with Crippen LogP contribution in [0.25, 0.3) is 0 Å². The maximum atomic E-state index is 11.8. The minimum absolute atomic E-state index is 0.0588. The first kappa shape index (κ1) is 18.7. The second-order valence-electron chi connectivity index (χ2n) is 5.62. The number of ether oxygens (including phenoxy) is 1. The zero-order valence-electron chi connectivity index (χ0n) is 14.0. The van der Waals surface area contributed by atoms with E-state index in [-0.39, 0.29) is 12.1 Å². The highest BCUT2D eigenvalue weighted by Crippen LogP contribution is 2.24. The molecule has 0 aliphatic carbocycles. The largest absolute Gasteiger partial charge is 0.435 e. The molecule has 0 bridgehead atoms. The van der Waals surface area contributed by atoms with Gasteiger partial charge >= 0.3 is 5.97 Å². The quantitative estimate of drug-likeness (QED) is 0.322. The second-order valence-corrected chi connectivity index (χ2v) is 5.62. The lowest BCUT2D eigenvalue weighted by molar-refractivity contribution is -0.384. The minimum Gasteiger partial charge on any atom is -0.435 e. The van der Waals surface area contributed by atoms with Crippen molar-refractivity contribution in [2.24, 2.45) is 10.2 Å². The molecule has 0 aliphatic heterocycles. The first-order valence-electron chi connectivity index (χ1n) is 7.72. The fourth-order valence-electron chi connectivity index (χ4n) is 2.22. The summed E-state index contributed by atoms with van der Waals surface area (Å²) in [7, 11) is 0. The van der Waals surface area contributed by atoms with Crippen molar-refractivity contribution in [1.29, 1.82) is 5.26 Å². The molecule has 0 heterocycles. The Bertz CT molecular complexity index is 844. The molecule has 0 aromatic heterocycles. The zero-order chi connectivity index (χ0) is 19.0. The fraction of sp³-hybridized carbons (Fsp3) is 0.222. The maximum absolute atomic E-state index is 11.8. The molecule has 26 heavy (non-hydrogen) atoms. The van der Waals surface area contributed by atoms with Gasteiger partial charge in [-0.05, 0) is 24.6 Å². The van der Waals surface area contributed by atoms with Crippen LogP contribution in [-0.4, -0.2) is 16.6 Å². The predicted octanol–water partition coefficient (Wildman–Crippen LogP) is 4.09. The molecule has 2 rings (SSSR count). The van der Waals surface area contributed by atoms with Gasteiger partial charge in [-0.2, -0.15) is 10.4 Å². The van der Waals surface area contributed by atoms with Crippen molar-refractivity contribution in [2.75, 3.05) is 0 Å². The van der Waals surface area contributed by atoms with E-state index in [1.165, 1.54) is 24.3 Å². The minimum atomic E-state index is -1.31. The van der Waals surface area contributed by atoms with Crippen LogP contribution < -0.4 is 0 Å². The Labute approximate surface area is 149 Å². The molecule has 1 atom stereocenters. The summed E-state index contributed by atoms with van der Waals surface area (Å²) < 4.78 is 5.34. The normalized spacial score (nSPS) is 12.9. The van der Waals surface area contributed by atoms with E-state index in [1.807, 2.05) is 30.3 Å². The van der Waals surface area contributed by atoms with E-state index < -0.39 is 23.0 Å². The number of hydrogen-bond acceptors (Lipinski definition) is 7. The average molecular weight is 352 g/mol.